The molecule has 0 N–H and O–H groups in total. The van der Waals surface area contributed by atoms with Crippen LogP contribution in [0.5, 0.6) is 11.5 Å². The van der Waals surface area contributed by atoms with Gasteiger partial charge in [-0.2, -0.15) is 0 Å². The number of hydrogen-bond acceptors (Lipinski definition) is 3. The van der Waals surface area contributed by atoms with Gasteiger partial charge in [-0.25, -0.2) is 0 Å². The number of benzene rings is 2. The molecule has 1 saturated heterocycles. The fourth-order valence-electron chi connectivity index (χ4n) is 3.69. The Morgan fingerprint density at radius 1 is 0.783 bits per heavy atom. The SMILES string of the molecule is CN1CCN(C2Cc3ccccc3Oc3ccccc3C2)CC1. The molecule has 23 heavy (non-hydrogen) atoms. The summed E-state index contributed by atoms with van der Waals surface area (Å²) in [5, 5.41) is 0. The molecule has 2 aromatic carbocycles. The number of piperazine rings is 1. The summed E-state index contributed by atoms with van der Waals surface area (Å²) in [7, 11) is 2.22. The van der Waals surface area contributed by atoms with E-state index in [9.17, 15) is 0 Å². The van der Waals surface area contributed by atoms with E-state index in [1.165, 1.54) is 11.1 Å². The first-order valence-electron chi connectivity index (χ1n) is 8.56. The van der Waals surface area contributed by atoms with Crippen molar-refractivity contribution in [1.29, 1.82) is 0 Å². The second kappa shape index (κ2) is 6.34. The van der Waals surface area contributed by atoms with Crippen molar-refractivity contribution in [2.24, 2.45) is 0 Å². The molecule has 120 valence electrons. The molecule has 0 spiro atoms. The fraction of sp³-hybridized carbons (Fsp3) is 0.400. The Morgan fingerprint density at radius 2 is 1.30 bits per heavy atom. The van der Waals surface area contributed by atoms with Gasteiger partial charge in [-0.05, 0) is 43.1 Å². The Balaban J connectivity index is 1.68. The van der Waals surface area contributed by atoms with Crippen LogP contribution < -0.4 is 4.74 Å². The first-order valence-corrected chi connectivity index (χ1v) is 8.56. The van der Waals surface area contributed by atoms with Crippen molar-refractivity contribution in [2.75, 3.05) is 33.2 Å². The lowest BCUT2D eigenvalue weighted by atomic mass is 9.94. The Bertz CT molecular complexity index is 629. The van der Waals surface area contributed by atoms with Crippen LogP contribution in [0.2, 0.25) is 0 Å². The van der Waals surface area contributed by atoms with Gasteiger partial charge in [0.1, 0.15) is 11.5 Å². The lowest BCUT2D eigenvalue weighted by molar-refractivity contribution is 0.109. The molecule has 0 aromatic heterocycles. The van der Waals surface area contributed by atoms with Gasteiger partial charge in [0.15, 0.2) is 0 Å². The number of rotatable bonds is 1. The Morgan fingerprint density at radius 3 is 1.87 bits per heavy atom. The maximum atomic E-state index is 6.21. The Hall–Kier alpha value is -1.84. The summed E-state index contributed by atoms with van der Waals surface area (Å²) >= 11 is 0. The second-order valence-corrected chi connectivity index (χ2v) is 6.72. The molecule has 0 saturated carbocycles. The highest BCUT2D eigenvalue weighted by atomic mass is 16.5. The van der Waals surface area contributed by atoms with Crippen LogP contribution >= 0.6 is 0 Å². The number of fused-ring (bicyclic) bond motifs is 2. The average molecular weight is 308 g/mol. The van der Waals surface area contributed by atoms with Crippen LogP contribution in [-0.4, -0.2) is 49.1 Å². The van der Waals surface area contributed by atoms with Crippen LogP contribution in [0.25, 0.3) is 0 Å². The molecule has 3 heteroatoms. The predicted molar refractivity (Wildman–Crippen MR) is 93.2 cm³/mol. The third-order valence-corrected chi connectivity index (χ3v) is 5.13. The molecule has 2 aliphatic rings. The van der Waals surface area contributed by atoms with Gasteiger partial charge in [-0.15, -0.1) is 0 Å². The minimum atomic E-state index is 0.551. The molecule has 2 aliphatic heterocycles. The number of hydrogen-bond donors (Lipinski definition) is 0. The first-order chi connectivity index (χ1) is 11.3. The van der Waals surface area contributed by atoms with E-state index >= 15 is 0 Å². The molecule has 2 aromatic rings. The summed E-state index contributed by atoms with van der Waals surface area (Å²) in [6.07, 6.45) is 2.13. The van der Waals surface area contributed by atoms with Crippen LogP contribution in [0.4, 0.5) is 0 Å². The number of likely N-dealkylation sites (N-methyl/N-ethyl adjacent to an activating group) is 1. The molecule has 0 unspecified atom stereocenters. The second-order valence-electron chi connectivity index (χ2n) is 6.72. The molecular formula is C20H24N2O. The van der Waals surface area contributed by atoms with Gasteiger partial charge in [-0.1, -0.05) is 36.4 Å². The highest BCUT2D eigenvalue weighted by molar-refractivity contribution is 5.43. The average Bonchev–Trinajstić information content (AvgIpc) is 2.56. The first kappa shape index (κ1) is 14.7. The summed E-state index contributed by atoms with van der Waals surface area (Å²) in [5.41, 5.74) is 2.65. The summed E-state index contributed by atoms with van der Waals surface area (Å²) < 4.78 is 6.21. The van der Waals surface area contributed by atoms with Crippen molar-refractivity contribution >= 4 is 0 Å². The minimum absolute atomic E-state index is 0.551. The van der Waals surface area contributed by atoms with Crippen molar-refractivity contribution in [3.63, 3.8) is 0 Å². The molecule has 0 aliphatic carbocycles. The summed E-state index contributed by atoms with van der Waals surface area (Å²) in [5.74, 6) is 2.03. The van der Waals surface area contributed by atoms with Crippen LogP contribution in [0.3, 0.4) is 0 Å². The van der Waals surface area contributed by atoms with Crippen molar-refractivity contribution < 1.29 is 4.74 Å². The number of para-hydroxylation sites is 2. The van der Waals surface area contributed by atoms with Gasteiger partial charge in [0.05, 0.1) is 0 Å². The third kappa shape index (κ3) is 3.12. The molecule has 0 atom stereocenters. The van der Waals surface area contributed by atoms with Crippen LogP contribution in [0.1, 0.15) is 11.1 Å². The van der Waals surface area contributed by atoms with E-state index in [1.807, 2.05) is 0 Å². The standard InChI is InChI=1S/C20H24N2O/c1-21-10-12-22(13-11-21)18-14-16-6-2-4-8-19(16)23-20-9-5-3-7-17(20)15-18/h2-9,18H,10-15H2,1H3. The maximum Gasteiger partial charge on any atom is 0.130 e. The number of ether oxygens (including phenoxy) is 1. The highest BCUT2D eigenvalue weighted by Gasteiger charge is 2.26. The molecule has 2 heterocycles. The lowest BCUT2D eigenvalue weighted by Gasteiger charge is -2.39. The minimum Gasteiger partial charge on any atom is -0.457 e. The van der Waals surface area contributed by atoms with Crippen LogP contribution in [0, 0.1) is 0 Å². The van der Waals surface area contributed by atoms with E-state index in [0.29, 0.717) is 6.04 Å². The van der Waals surface area contributed by atoms with Crippen molar-refractivity contribution in [1.82, 2.24) is 9.80 Å². The van der Waals surface area contributed by atoms with E-state index in [2.05, 4.69) is 65.4 Å². The monoisotopic (exact) mass is 308 g/mol. The van der Waals surface area contributed by atoms with Crippen LogP contribution in [-0.2, 0) is 12.8 Å². The molecular weight excluding hydrogens is 284 g/mol. The fourth-order valence-corrected chi connectivity index (χ4v) is 3.69. The summed E-state index contributed by atoms with van der Waals surface area (Å²) in [4.78, 5) is 5.09. The van der Waals surface area contributed by atoms with E-state index < -0.39 is 0 Å². The zero-order valence-corrected chi connectivity index (χ0v) is 13.7. The van der Waals surface area contributed by atoms with Gasteiger partial charge >= 0.3 is 0 Å². The van der Waals surface area contributed by atoms with E-state index in [-0.39, 0.29) is 0 Å². The van der Waals surface area contributed by atoms with Crippen molar-refractivity contribution in [3.8, 4) is 11.5 Å². The van der Waals surface area contributed by atoms with Gasteiger partial charge in [0.25, 0.3) is 0 Å². The smallest absolute Gasteiger partial charge is 0.130 e. The maximum absolute atomic E-state index is 6.21. The molecule has 0 radical (unpaired) electrons. The van der Waals surface area contributed by atoms with Gasteiger partial charge < -0.3 is 9.64 Å². The summed E-state index contributed by atoms with van der Waals surface area (Å²) in [6.45, 7) is 4.64. The summed E-state index contributed by atoms with van der Waals surface area (Å²) in [6, 6.07) is 17.5. The van der Waals surface area contributed by atoms with E-state index in [4.69, 9.17) is 4.74 Å². The largest absolute Gasteiger partial charge is 0.457 e. The molecule has 0 bridgehead atoms. The number of nitrogens with zero attached hydrogens (tertiary/aromatic N) is 2. The molecule has 3 nitrogen and oxygen atoms in total. The lowest BCUT2D eigenvalue weighted by Crippen LogP contribution is -2.50. The van der Waals surface area contributed by atoms with Crippen LogP contribution in [0.15, 0.2) is 48.5 Å². The quantitative estimate of drug-likeness (QED) is 0.804. The zero-order valence-electron chi connectivity index (χ0n) is 13.7. The van der Waals surface area contributed by atoms with Crippen molar-refractivity contribution in [2.45, 2.75) is 18.9 Å². The van der Waals surface area contributed by atoms with Crippen molar-refractivity contribution in [3.05, 3.63) is 59.7 Å². The normalized spacial score (nSPS) is 20.0. The molecule has 0 amide bonds. The third-order valence-electron chi connectivity index (χ3n) is 5.13. The Labute approximate surface area is 138 Å². The topological polar surface area (TPSA) is 15.7 Å². The highest BCUT2D eigenvalue weighted by Crippen LogP contribution is 2.33. The predicted octanol–water partition coefficient (Wildman–Crippen LogP) is 3.19. The van der Waals surface area contributed by atoms with Gasteiger partial charge in [0.2, 0.25) is 0 Å². The molecule has 1 fully saturated rings. The van der Waals surface area contributed by atoms with E-state index in [1.54, 1.807) is 0 Å². The van der Waals surface area contributed by atoms with E-state index in [0.717, 1.165) is 50.5 Å². The van der Waals surface area contributed by atoms with Gasteiger partial charge in [-0.3, -0.25) is 4.90 Å². The Kier molecular flexibility index (Phi) is 4.06. The zero-order chi connectivity index (χ0) is 15.6. The molecule has 4 rings (SSSR count). The van der Waals surface area contributed by atoms with Gasteiger partial charge in [0, 0.05) is 32.2 Å².